The van der Waals surface area contributed by atoms with Crippen LogP contribution in [0.25, 0.3) is 10.9 Å². The smallest absolute Gasteiger partial charge is 0.354 e. The van der Waals surface area contributed by atoms with E-state index in [2.05, 4.69) is 10.3 Å². The van der Waals surface area contributed by atoms with Crippen LogP contribution in [-0.2, 0) is 19.1 Å². The van der Waals surface area contributed by atoms with Crippen LogP contribution in [0.5, 0.6) is 0 Å². The van der Waals surface area contributed by atoms with Crippen molar-refractivity contribution in [1.82, 2.24) is 9.88 Å². The highest BCUT2D eigenvalue weighted by Gasteiger charge is 2.47. The molecule has 4 N–H and O–H groups in total. The third-order valence-corrected chi connectivity index (χ3v) is 10.1. The number of esters is 1. The Hall–Kier alpha value is -2.98. The summed E-state index contributed by atoms with van der Waals surface area (Å²) in [5.41, 5.74) is 7.66. The number of likely N-dealkylation sites (tertiary alicyclic amines) is 1. The van der Waals surface area contributed by atoms with Gasteiger partial charge in [0.1, 0.15) is 25.0 Å². The number of nitrogens with one attached hydrogen (secondary N) is 2. The molecule has 1 aromatic carbocycles. The molecule has 0 unspecified atom stereocenters. The number of benzene rings is 1. The minimum Gasteiger partial charge on any atom is -0.458 e. The molecular weight excluding hydrogens is 551 g/mol. The lowest BCUT2D eigenvalue weighted by atomic mass is 9.76. The number of amides is 2. The topological polar surface area (TPSA) is 127 Å². The van der Waals surface area contributed by atoms with Gasteiger partial charge >= 0.3 is 5.97 Å². The van der Waals surface area contributed by atoms with E-state index in [1.807, 2.05) is 30.0 Å². The predicted octanol–water partition coefficient (Wildman–Crippen LogP) is 5.20. The molecule has 4 atom stereocenters. The first-order valence-electron chi connectivity index (χ1n) is 16.0. The zero-order chi connectivity index (χ0) is 30.5. The first-order chi connectivity index (χ1) is 20.8. The second kappa shape index (κ2) is 14.2. The summed E-state index contributed by atoms with van der Waals surface area (Å²) in [7, 11) is 1.56. The fraction of sp³-hybridized carbons (Fsp3) is 0.667. The molecule has 10 heteroatoms. The van der Waals surface area contributed by atoms with Crippen LogP contribution < -0.4 is 11.1 Å². The third-order valence-electron chi connectivity index (χ3n) is 10.1. The number of hydrogen-bond donors (Lipinski definition) is 3. The molecule has 2 heterocycles. The van der Waals surface area contributed by atoms with Gasteiger partial charge in [0.05, 0.1) is 6.10 Å². The summed E-state index contributed by atoms with van der Waals surface area (Å²) >= 11 is 0. The second-order valence-corrected chi connectivity index (χ2v) is 12.9. The highest BCUT2D eigenvalue weighted by atomic mass is 19.1. The summed E-state index contributed by atoms with van der Waals surface area (Å²) in [6.07, 6.45) is 9.26. The fourth-order valence-corrected chi connectivity index (χ4v) is 7.49. The summed E-state index contributed by atoms with van der Waals surface area (Å²) in [4.78, 5) is 45.3. The predicted molar refractivity (Wildman–Crippen MR) is 163 cm³/mol. The van der Waals surface area contributed by atoms with Crippen molar-refractivity contribution < 1.29 is 28.2 Å². The number of aromatic nitrogens is 1. The number of alkyl halides is 1. The van der Waals surface area contributed by atoms with Crippen LogP contribution in [0.1, 0.15) is 81.6 Å². The lowest BCUT2D eigenvalue weighted by molar-refractivity contribution is -0.142. The van der Waals surface area contributed by atoms with Gasteiger partial charge in [-0.2, -0.15) is 0 Å². The number of nitrogens with two attached hydrogens (primary N) is 1. The minimum atomic E-state index is -0.533. The highest BCUT2D eigenvalue weighted by Crippen LogP contribution is 2.41. The van der Waals surface area contributed by atoms with Gasteiger partial charge in [0.15, 0.2) is 0 Å². The molecule has 236 valence electrons. The number of nitrogens with zero attached hydrogens (tertiary/aromatic N) is 1. The van der Waals surface area contributed by atoms with Crippen LogP contribution >= 0.6 is 0 Å². The second-order valence-electron chi connectivity index (χ2n) is 12.9. The minimum absolute atomic E-state index is 0.0535. The van der Waals surface area contributed by atoms with Gasteiger partial charge in [-0.05, 0) is 81.0 Å². The largest absolute Gasteiger partial charge is 0.458 e. The van der Waals surface area contributed by atoms with Gasteiger partial charge in [0.2, 0.25) is 11.8 Å². The molecule has 2 saturated carbocycles. The average Bonchev–Trinajstić information content (AvgIpc) is 3.68. The first-order valence-corrected chi connectivity index (χ1v) is 16.0. The van der Waals surface area contributed by atoms with Gasteiger partial charge in [-0.3, -0.25) is 9.59 Å². The molecule has 1 aromatic heterocycles. The zero-order valence-corrected chi connectivity index (χ0v) is 25.5. The molecule has 3 aliphatic rings. The van der Waals surface area contributed by atoms with E-state index in [0.717, 1.165) is 43.0 Å². The van der Waals surface area contributed by atoms with Crippen molar-refractivity contribution in [3.8, 4) is 0 Å². The molecule has 9 nitrogen and oxygen atoms in total. The van der Waals surface area contributed by atoms with Crippen LogP contribution in [0.3, 0.4) is 0 Å². The van der Waals surface area contributed by atoms with Crippen molar-refractivity contribution in [3.05, 3.63) is 30.0 Å². The summed E-state index contributed by atoms with van der Waals surface area (Å²) in [6.45, 7) is 2.03. The standard InChI is InChI=1S/C33H47FN4O5/c1-20(42-2)19-43-33(41)29-17-24-16-25(12-13-28(24)37-29)36-31(39)30-26(21-6-4-3-5-7-21)14-15-38(30)32(40)23-10-8-22(9-11-23)27(35)18-34/h12-13,16-17,20-23,26-27,30,37H,3-11,14-15,18-19,35H2,1-2H3,(H,36,39)/t20-,22?,23?,26-,27+,30-/m0/s1. The number of anilines is 1. The zero-order valence-electron chi connectivity index (χ0n) is 25.5. The Morgan fingerprint density at radius 3 is 2.51 bits per heavy atom. The molecule has 1 aliphatic heterocycles. The molecule has 3 fully saturated rings. The number of aromatic amines is 1. The van der Waals surface area contributed by atoms with Crippen molar-refractivity contribution in [2.75, 3.05) is 32.3 Å². The molecule has 0 bridgehead atoms. The number of fused-ring (bicyclic) bond motifs is 1. The number of hydrogen-bond acceptors (Lipinski definition) is 6. The van der Waals surface area contributed by atoms with Gasteiger partial charge in [0.25, 0.3) is 0 Å². The van der Waals surface area contributed by atoms with E-state index in [9.17, 15) is 18.8 Å². The van der Waals surface area contributed by atoms with Crippen LogP contribution in [-0.4, -0.2) is 72.8 Å². The molecule has 1 saturated heterocycles. The molecule has 43 heavy (non-hydrogen) atoms. The van der Waals surface area contributed by atoms with Crippen molar-refractivity contribution in [1.29, 1.82) is 0 Å². The Kier molecular flexibility index (Phi) is 10.4. The number of halogens is 1. The van der Waals surface area contributed by atoms with Crippen LogP contribution in [0.4, 0.5) is 10.1 Å². The molecule has 5 rings (SSSR count). The van der Waals surface area contributed by atoms with Gasteiger partial charge in [-0.15, -0.1) is 0 Å². The highest BCUT2D eigenvalue weighted by molar-refractivity contribution is 6.01. The molecule has 2 aromatic rings. The molecule has 0 spiro atoms. The lowest BCUT2D eigenvalue weighted by Crippen LogP contribution is -2.50. The number of carbonyl (C=O) groups is 3. The van der Waals surface area contributed by atoms with E-state index in [1.54, 1.807) is 13.2 Å². The Labute approximate surface area is 253 Å². The fourth-order valence-electron chi connectivity index (χ4n) is 7.49. The van der Waals surface area contributed by atoms with Gasteiger partial charge in [0, 0.05) is 42.2 Å². The summed E-state index contributed by atoms with van der Waals surface area (Å²) in [6, 6.07) is 6.21. The van der Waals surface area contributed by atoms with E-state index < -0.39 is 24.7 Å². The Morgan fingerprint density at radius 1 is 1.07 bits per heavy atom. The van der Waals surface area contributed by atoms with Crippen LogP contribution in [0.15, 0.2) is 24.3 Å². The summed E-state index contributed by atoms with van der Waals surface area (Å²) < 4.78 is 23.6. The van der Waals surface area contributed by atoms with E-state index in [-0.39, 0.29) is 42.3 Å². The molecular formula is C33H47FN4O5. The molecule has 0 radical (unpaired) electrons. The quantitative estimate of drug-likeness (QED) is 0.323. The first kappa shape index (κ1) is 31.4. The van der Waals surface area contributed by atoms with Crippen molar-refractivity contribution in [3.63, 3.8) is 0 Å². The summed E-state index contributed by atoms with van der Waals surface area (Å²) in [5, 5.41) is 3.89. The SMILES string of the molecule is CO[C@@H](C)COC(=O)c1cc2cc(NC(=O)[C@@H]3[C@H](C4CCCCC4)CCN3C(=O)C3CCC([C@H](N)CF)CC3)ccc2[nH]1. The maximum absolute atomic E-state index is 14.0. The van der Waals surface area contributed by atoms with Crippen molar-refractivity contribution in [2.45, 2.75) is 89.3 Å². The average molecular weight is 599 g/mol. The Bertz CT molecular complexity index is 1270. The van der Waals surface area contributed by atoms with Gasteiger partial charge < -0.3 is 30.4 Å². The van der Waals surface area contributed by atoms with Crippen LogP contribution in [0, 0.1) is 23.7 Å². The van der Waals surface area contributed by atoms with E-state index in [4.69, 9.17) is 15.2 Å². The third kappa shape index (κ3) is 7.23. The van der Waals surface area contributed by atoms with Crippen LogP contribution in [0.2, 0.25) is 0 Å². The monoisotopic (exact) mass is 598 g/mol. The van der Waals surface area contributed by atoms with Gasteiger partial charge in [-0.1, -0.05) is 32.1 Å². The van der Waals surface area contributed by atoms with E-state index in [0.29, 0.717) is 36.7 Å². The Morgan fingerprint density at radius 2 is 1.81 bits per heavy atom. The molecule has 2 amide bonds. The number of H-pyrrole nitrogens is 1. The van der Waals surface area contributed by atoms with Crippen molar-refractivity contribution in [2.24, 2.45) is 29.4 Å². The van der Waals surface area contributed by atoms with Gasteiger partial charge in [-0.25, -0.2) is 9.18 Å². The van der Waals surface area contributed by atoms with E-state index in [1.165, 1.54) is 19.3 Å². The Balaban J connectivity index is 1.30. The number of ether oxygens (including phenoxy) is 2. The normalized spacial score (nSPS) is 26.3. The van der Waals surface area contributed by atoms with Crippen molar-refractivity contribution >= 4 is 34.4 Å². The number of carbonyl (C=O) groups excluding carboxylic acids is 3. The van der Waals surface area contributed by atoms with E-state index >= 15 is 0 Å². The summed E-state index contributed by atoms with van der Waals surface area (Å²) in [5.74, 6) is -0.0437. The number of methoxy groups -OCH3 is 1. The number of rotatable bonds is 10. The maximum atomic E-state index is 14.0. The molecule has 2 aliphatic carbocycles. The lowest BCUT2D eigenvalue weighted by Gasteiger charge is -2.36. The maximum Gasteiger partial charge on any atom is 0.354 e.